The molecule has 0 unspecified atom stereocenters. The van der Waals surface area contributed by atoms with E-state index in [-0.39, 0.29) is 16.8 Å². The van der Waals surface area contributed by atoms with Crippen molar-refractivity contribution in [2.75, 3.05) is 30.1 Å². The third-order valence-corrected chi connectivity index (χ3v) is 5.29. The zero-order chi connectivity index (χ0) is 20.1. The number of carbonyl (C=O) groups excluding carboxylic acids is 1. The van der Waals surface area contributed by atoms with Crippen LogP contribution in [0.1, 0.15) is 6.92 Å². The third kappa shape index (κ3) is 4.63. The molecule has 1 N–H and O–H groups in total. The number of benzene rings is 1. The number of nitrogens with one attached hydrogen (secondary N) is 1. The first kappa shape index (κ1) is 20.2. The first-order valence-corrected chi connectivity index (χ1v) is 10.1. The van der Waals surface area contributed by atoms with Crippen molar-refractivity contribution >= 4 is 40.6 Å². The van der Waals surface area contributed by atoms with E-state index >= 15 is 0 Å². The van der Waals surface area contributed by atoms with Crippen LogP contribution in [-0.4, -0.2) is 45.5 Å². The van der Waals surface area contributed by atoms with Crippen LogP contribution in [0, 0.1) is 0 Å². The molecule has 0 aliphatic carbocycles. The number of anilines is 2. The highest BCUT2D eigenvalue weighted by atomic mass is 35.5. The van der Waals surface area contributed by atoms with Gasteiger partial charge in [-0.3, -0.25) is 4.79 Å². The van der Waals surface area contributed by atoms with Crippen molar-refractivity contribution in [1.82, 2.24) is 19.7 Å². The standard InChI is InChI=1S/C19H21ClN6OS/c1-4-26-18(13-7-5-8-14(11-13)25(2)3)23-24-19(26)28-12-16(27)22-15-9-6-10-21-17(15)20/h5-11H,4,12H2,1-3H3,(H,22,27). The van der Waals surface area contributed by atoms with E-state index < -0.39 is 0 Å². The minimum atomic E-state index is -0.179. The second-order valence-corrected chi connectivity index (χ2v) is 7.47. The van der Waals surface area contributed by atoms with Gasteiger partial charge in [-0.25, -0.2) is 4.98 Å². The molecule has 9 heteroatoms. The molecule has 3 aromatic rings. The first-order valence-electron chi connectivity index (χ1n) is 8.73. The molecule has 0 saturated carbocycles. The van der Waals surface area contributed by atoms with Gasteiger partial charge in [-0.2, -0.15) is 0 Å². The first-order chi connectivity index (χ1) is 13.5. The molecule has 2 aromatic heterocycles. The maximum absolute atomic E-state index is 12.3. The molecule has 146 valence electrons. The fourth-order valence-electron chi connectivity index (χ4n) is 2.61. The summed E-state index contributed by atoms with van der Waals surface area (Å²) in [7, 11) is 4.00. The molecule has 0 radical (unpaired) electrons. The number of rotatable bonds is 7. The third-order valence-electron chi connectivity index (χ3n) is 4.02. The molecule has 28 heavy (non-hydrogen) atoms. The largest absolute Gasteiger partial charge is 0.378 e. The Hall–Kier alpha value is -2.58. The Balaban J connectivity index is 1.73. The van der Waals surface area contributed by atoms with E-state index in [9.17, 15) is 4.79 Å². The van der Waals surface area contributed by atoms with Gasteiger partial charge in [0.05, 0.1) is 11.4 Å². The van der Waals surface area contributed by atoms with Gasteiger partial charge in [-0.1, -0.05) is 35.5 Å². The predicted octanol–water partition coefficient (Wildman–Crippen LogP) is 3.81. The zero-order valence-electron chi connectivity index (χ0n) is 15.9. The average Bonchev–Trinajstić information content (AvgIpc) is 3.11. The molecule has 0 atom stereocenters. The highest BCUT2D eigenvalue weighted by Gasteiger charge is 2.15. The molecular weight excluding hydrogens is 396 g/mol. The second-order valence-electron chi connectivity index (χ2n) is 6.17. The average molecular weight is 417 g/mol. The molecule has 0 spiro atoms. The number of carbonyl (C=O) groups is 1. The topological polar surface area (TPSA) is 75.9 Å². The van der Waals surface area contributed by atoms with Crippen LogP contribution in [0.3, 0.4) is 0 Å². The van der Waals surface area contributed by atoms with Gasteiger partial charge < -0.3 is 14.8 Å². The van der Waals surface area contributed by atoms with E-state index in [0.29, 0.717) is 17.4 Å². The molecule has 0 bridgehead atoms. The Morgan fingerprint density at radius 2 is 2.07 bits per heavy atom. The molecule has 2 heterocycles. The smallest absolute Gasteiger partial charge is 0.234 e. The Morgan fingerprint density at radius 3 is 2.79 bits per heavy atom. The van der Waals surface area contributed by atoms with Crippen molar-refractivity contribution in [1.29, 1.82) is 0 Å². The second kappa shape index (κ2) is 9.07. The molecule has 1 amide bonds. The van der Waals surface area contributed by atoms with Gasteiger partial charge in [0.2, 0.25) is 5.91 Å². The Kier molecular flexibility index (Phi) is 6.53. The molecule has 1 aromatic carbocycles. The molecule has 0 aliphatic heterocycles. The number of amides is 1. The minimum absolute atomic E-state index is 0.179. The summed E-state index contributed by atoms with van der Waals surface area (Å²) >= 11 is 7.31. The quantitative estimate of drug-likeness (QED) is 0.466. The maximum atomic E-state index is 12.3. The lowest BCUT2D eigenvalue weighted by Crippen LogP contribution is -2.15. The van der Waals surface area contributed by atoms with E-state index in [1.807, 2.05) is 48.7 Å². The van der Waals surface area contributed by atoms with Crippen LogP contribution in [0.5, 0.6) is 0 Å². The highest BCUT2D eigenvalue weighted by molar-refractivity contribution is 7.99. The normalized spacial score (nSPS) is 10.7. The van der Waals surface area contributed by atoms with Crippen molar-refractivity contribution in [3.8, 4) is 11.4 Å². The summed E-state index contributed by atoms with van der Waals surface area (Å²) in [5.41, 5.74) is 2.57. The fraction of sp³-hybridized carbons (Fsp3) is 0.263. The van der Waals surface area contributed by atoms with E-state index in [1.165, 1.54) is 11.8 Å². The maximum Gasteiger partial charge on any atom is 0.234 e. The zero-order valence-corrected chi connectivity index (χ0v) is 17.5. The molecular formula is C19H21ClN6OS. The summed E-state index contributed by atoms with van der Waals surface area (Å²) in [6, 6.07) is 11.5. The van der Waals surface area contributed by atoms with Crippen LogP contribution in [0.2, 0.25) is 5.15 Å². The number of hydrogen-bond donors (Lipinski definition) is 1. The van der Waals surface area contributed by atoms with Gasteiger partial charge >= 0.3 is 0 Å². The number of thioether (sulfide) groups is 1. The van der Waals surface area contributed by atoms with Gasteiger partial charge in [0.1, 0.15) is 0 Å². The van der Waals surface area contributed by atoms with Crippen molar-refractivity contribution in [3.63, 3.8) is 0 Å². The number of aromatic nitrogens is 4. The monoisotopic (exact) mass is 416 g/mol. The van der Waals surface area contributed by atoms with Gasteiger partial charge in [0.15, 0.2) is 16.1 Å². The molecule has 0 saturated heterocycles. The van der Waals surface area contributed by atoms with Crippen LogP contribution in [0.25, 0.3) is 11.4 Å². The van der Waals surface area contributed by atoms with Gasteiger partial charge in [0.25, 0.3) is 0 Å². The fourth-order valence-corrected chi connectivity index (χ4v) is 3.58. The van der Waals surface area contributed by atoms with Crippen molar-refractivity contribution in [2.45, 2.75) is 18.6 Å². The summed E-state index contributed by atoms with van der Waals surface area (Å²) in [5.74, 6) is 0.798. The van der Waals surface area contributed by atoms with Crippen molar-refractivity contribution < 1.29 is 4.79 Å². The Labute approximate surface area is 173 Å². The molecule has 0 fully saturated rings. The van der Waals surface area contributed by atoms with E-state index in [1.54, 1.807) is 18.3 Å². The van der Waals surface area contributed by atoms with Crippen LogP contribution >= 0.6 is 23.4 Å². The Morgan fingerprint density at radius 1 is 1.25 bits per heavy atom. The lowest BCUT2D eigenvalue weighted by atomic mass is 10.2. The van der Waals surface area contributed by atoms with Crippen LogP contribution < -0.4 is 10.2 Å². The van der Waals surface area contributed by atoms with Crippen LogP contribution in [-0.2, 0) is 11.3 Å². The van der Waals surface area contributed by atoms with E-state index in [2.05, 4.69) is 26.6 Å². The number of hydrogen-bond acceptors (Lipinski definition) is 6. The van der Waals surface area contributed by atoms with Crippen LogP contribution in [0.15, 0.2) is 47.8 Å². The minimum Gasteiger partial charge on any atom is -0.378 e. The summed E-state index contributed by atoms with van der Waals surface area (Å²) in [5, 5.41) is 12.3. The van der Waals surface area contributed by atoms with Gasteiger partial charge in [-0.15, -0.1) is 10.2 Å². The summed E-state index contributed by atoms with van der Waals surface area (Å²) in [6.45, 7) is 2.73. The van der Waals surface area contributed by atoms with Gasteiger partial charge in [-0.05, 0) is 31.2 Å². The SMILES string of the molecule is CCn1c(SCC(=O)Nc2cccnc2Cl)nnc1-c1cccc(N(C)C)c1. The summed E-state index contributed by atoms with van der Waals surface area (Å²) in [4.78, 5) is 18.2. The van der Waals surface area contributed by atoms with E-state index in [4.69, 9.17) is 11.6 Å². The predicted molar refractivity (Wildman–Crippen MR) is 114 cm³/mol. The Bertz CT molecular complexity index is 975. The molecule has 7 nitrogen and oxygen atoms in total. The molecule has 0 aliphatic rings. The van der Waals surface area contributed by atoms with Gasteiger partial charge in [0, 0.05) is 38.1 Å². The number of nitrogens with zero attached hydrogens (tertiary/aromatic N) is 5. The van der Waals surface area contributed by atoms with Crippen LogP contribution in [0.4, 0.5) is 11.4 Å². The number of pyridine rings is 1. The highest BCUT2D eigenvalue weighted by Crippen LogP contribution is 2.27. The summed E-state index contributed by atoms with van der Waals surface area (Å²) in [6.07, 6.45) is 1.57. The lowest BCUT2D eigenvalue weighted by Gasteiger charge is -2.14. The van der Waals surface area contributed by atoms with E-state index in [0.717, 1.165) is 17.1 Å². The number of halogens is 1. The van der Waals surface area contributed by atoms with Crippen molar-refractivity contribution in [2.24, 2.45) is 0 Å². The summed E-state index contributed by atoms with van der Waals surface area (Å²) < 4.78 is 2.00. The van der Waals surface area contributed by atoms with Crippen molar-refractivity contribution in [3.05, 3.63) is 47.7 Å². The lowest BCUT2D eigenvalue weighted by molar-refractivity contribution is -0.113. The molecule has 3 rings (SSSR count).